The van der Waals surface area contributed by atoms with E-state index in [1.807, 2.05) is 6.92 Å². The highest BCUT2D eigenvalue weighted by Gasteiger charge is 2.46. The number of benzene rings is 1. The van der Waals surface area contributed by atoms with Crippen LogP contribution >= 0.6 is 0 Å². The van der Waals surface area contributed by atoms with Crippen LogP contribution in [-0.2, 0) is 11.2 Å². The quantitative estimate of drug-likeness (QED) is 0.860. The van der Waals surface area contributed by atoms with Gasteiger partial charge in [-0.3, -0.25) is 0 Å². The smallest absolute Gasteiger partial charge is 0.371 e. The van der Waals surface area contributed by atoms with Gasteiger partial charge >= 0.3 is 12.2 Å². The summed E-state index contributed by atoms with van der Waals surface area (Å²) < 4.78 is 45.9. The van der Waals surface area contributed by atoms with E-state index >= 15 is 0 Å². The number of hydrogen-bond donors (Lipinski definition) is 1. The molecule has 0 radical (unpaired) electrons. The van der Waals surface area contributed by atoms with Crippen LogP contribution in [0.1, 0.15) is 25.3 Å². The maximum atomic E-state index is 13.4. The van der Waals surface area contributed by atoms with Crippen molar-refractivity contribution in [1.29, 1.82) is 0 Å². The van der Waals surface area contributed by atoms with Crippen LogP contribution < -0.4 is 5.32 Å². The fourth-order valence-electron chi connectivity index (χ4n) is 3.53. The molecule has 2 atom stereocenters. The van der Waals surface area contributed by atoms with Crippen molar-refractivity contribution in [3.63, 3.8) is 0 Å². The van der Waals surface area contributed by atoms with Crippen LogP contribution in [0.25, 0.3) is 0 Å². The summed E-state index contributed by atoms with van der Waals surface area (Å²) in [5.41, 5.74) is 0.236. The van der Waals surface area contributed by atoms with Crippen molar-refractivity contribution in [2.24, 2.45) is 11.8 Å². The molecule has 2 amide bonds. The Kier molecular flexibility index (Phi) is 5.46. The summed E-state index contributed by atoms with van der Waals surface area (Å²) in [5.74, 6) is -1.16. The number of amides is 2. The molecule has 1 saturated carbocycles. The van der Waals surface area contributed by atoms with Gasteiger partial charge in [-0.15, -0.1) is 0 Å². The number of carbonyl (C=O) groups excluding carboxylic acids is 1. The zero-order chi connectivity index (χ0) is 18.8. The molecule has 1 aromatic carbocycles. The number of rotatable bonds is 5. The van der Waals surface area contributed by atoms with E-state index in [9.17, 15) is 18.0 Å². The van der Waals surface area contributed by atoms with Gasteiger partial charge in [0.15, 0.2) is 0 Å². The van der Waals surface area contributed by atoms with Gasteiger partial charge in [-0.1, -0.05) is 30.3 Å². The minimum absolute atomic E-state index is 0.145. The molecular weight excluding hydrogens is 345 g/mol. The minimum Gasteiger partial charge on any atom is -0.371 e. The molecule has 2 aliphatic rings. The van der Waals surface area contributed by atoms with Crippen molar-refractivity contribution >= 4 is 6.03 Å². The van der Waals surface area contributed by atoms with Gasteiger partial charge in [-0.2, -0.15) is 13.2 Å². The molecule has 1 aliphatic heterocycles. The first kappa shape index (κ1) is 19.0. The van der Waals surface area contributed by atoms with Gasteiger partial charge < -0.3 is 15.0 Å². The first-order valence-electron chi connectivity index (χ1n) is 9.05. The summed E-state index contributed by atoms with van der Waals surface area (Å²) in [6, 6.07) is 8.10. The monoisotopic (exact) mass is 370 g/mol. The molecule has 1 aliphatic carbocycles. The molecule has 1 N–H and O–H groups in total. The van der Waals surface area contributed by atoms with Gasteiger partial charge in [-0.05, 0) is 37.7 Å². The Morgan fingerprint density at radius 1 is 1.35 bits per heavy atom. The van der Waals surface area contributed by atoms with Crippen LogP contribution in [0.5, 0.6) is 0 Å². The Bertz CT molecular complexity index is 619. The summed E-state index contributed by atoms with van der Waals surface area (Å²) in [5, 5.41) is 2.49. The lowest BCUT2D eigenvalue weighted by molar-refractivity contribution is -0.172. The Morgan fingerprint density at radius 3 is 2.65 bits per heavy atom. The van der Waals surface area contributed by atoms with Crippen LogP contribution in [0.4, 0.5) is 18.0 Å². The van der Waals surface area contributed by atoms with Gasteiger partial charge in [0.25, 0.3) is 0 Å². The number of morpholine rings is 1. The van der Waals surface area contributed by atoms with Crippen LogP contribution in [0.15, 0.2) is 30.3 Å². The Morgan fingerprint density at radius 2 is 2.04 bits per heavy atom. The first-order valence-corrected chi connectivity index (χ1v) is 9.05. The van der Waals surface area contributed by atoms with Crippen LogP contribution in [0, 0.1) is 11.8 Å². The predicted molar refractivity (Wildman–Crippen MR) is 91.7 cm³/mol. The zero-order valence-corrected chi connectivity index (χ0v) is 14.9. The molecule has 1 aromatic rings. The number of nitrogens with one attached hydrogen (secondary N) is 1. The molecular formula is C19H25F3N2O2. The lowest BCUT2D eigenvalue weighted by Gasteiger charge is -2.41. The number of alkyl halides is 3. The average Bonchev–Trinajstić information content (AvgIpc) is 3.44. The van der Waals surface area contributed by atoms with Crippen LogP contribution in [0.2, 0.25) is 0 Å². The van der Waals surface area contributed by atoms with Gasteiger partial charge in [0, 0.05) is 13.1 Å². The lowest BCUT2D eigenvalue weighted by Crippen LogP contribution is -2.56. The zero-order valence-electron chi connectivity index (χ0n) is 14.9. The maximum absolute atomic E-state index is 13.4. The lowest BCUT2D eigenvalue weighted by atomic mass is 9.98. The third-order valence-corrected chi connectivity index (χ3v) is 5.31. The number of urea groups is 1. The Balaban J connectivity index is 1.57. The van der Waals surface area contributed by atoms with E-state index in [0.717, 1.165) is 12.8 Å². The number of ether oxygens (including phenoxy) is 1. The summed E-state index contributed by atoms with van der Waals surface area (Å²) in [6.07, 6.45) is -2.34. The van der Waals surface area contributed by atoms with E-state index in [1.54, 1.807) is 35.2 Å². The highest BCUT2D eigenvalue weighted by molar-refractivity contribution is 5.74. The molecule has 144 valence electrons. The third-order valence-electron chi connectivity index (χ3n) is 5.31. The van der Waals surface area contributed by atoms with E-state index in [-0.39, 0.29) is 12.0 Å². The Labute approximate surface area is 151 Å². The second kappa shape index (κ2) is 7.47. The van der Waals surface area contributed by atoms with Crippen molar-refractivity contribution in [2.45, 2.75) is 38.0 Å². The largest absolute Gasteiger partial charge is 0.393 e. The molecule has 2 fully saturated rings. The fourth-order valence-corrected chi connectivity index (χ4v) is 3.53. The standard InChI is InChI=1S/C19H25F3N2O2/c1-18(15-7-8-15)13-24(9-10-26-18)17(25)23-12-16(19(20,21)22)11-14-5-3-2-4-6-14/h2-6,15-16H,7-13H2,1H3,(H,23,25). The molecule has 0 bridgehead atoms. The molecule has 7 heteroatoms. The summed E-state index contributed by atoms with van der Waals surface area (Å²) in [6.45, 7) is 2.82. The topological polar surface area (TPSA) is 41.6 Å². The normalized spacial score (nSPS) is 25.0. The third kappa shape index (κ3) is 4.69. The van der Waals surface area contributed by atoms with Gasteiger partial charge in [0.2, 0.25) is 0 Å². The van der Waals surface area contributed by atoms with E-state index in [2.05, 4.69) is 5.32 Å². The summed E-state index contributed by atoms with van der Waals surface area (Å²) >= 11 is 0. The van der Waals surface area contributed by atoms with E-state index in [0.29, 0.717) is 31.2 Å². The number of hydrogen-bond acceptors (Lipinski definition) is 2. The van der Waals surface area contributed by atoms with Gasteiger partial charge in [0.1, 0.15) is 0 Å². The molecule has 4 nitrogen and oxygen atoms in total. The minimum atomic E-state index is -4.36. The van der Waals surface area contributed by atoms with Crippen molar-refractivity contribution in [3.8, 4) is 0 Å². The van der Waals surface area contributed by atoms with Gasteiger partial charge in [0.05, 0.1) is 24.7 Å². The van der Waals surface area contributed by atoms with E-state index in [4.69, 9.17) is 4.74 Å². The maximum Gasteiger partial charge on any atom is 0.393 e. The van der Waals surface area contributed by atoms with E-state index < -0.39 is 24.7 Å². The molecule has 0 aromatic heterocycles. The Hall–Kier alpha value is -1.76. The number of carbonyl (C=O) groups is 1. The molecule has 1 heterocycles. The van der Waals surface area contributed by atoms with Crippen molar-refractivity contribution in [3.05, 3.63) is 35.9 Å². The second-order valence-corrected chi connectivity index (χ2v) is 7.47. The first-order chi connectivity index (χ1) is 12.3. The molecule has 3 rings (SSSR count). The average molecular weight is 370 g/mol. The highest BCUT2D eigenvalue weighted by Crippen LogP contribution is 2.43. The van der Waals surface area contributed by atoms with Crippen molar-refractivity contribution in [1.82, 2.24) is 10.2 Å². The summed E-state index contributed by atoms with van der Waals surface area (Å²) in [4.78, 5) is 14.0. The molecule has 0 spiro atoms. The fraction of sp³-hybridized carbons (Fsp3) is 0.632. The molecule has 26 heavy (non-hydrogen) atoms. The van der Waals surface area contributed by atoms with Crippen LogP contribution in [0.3, 0.4) is 0 Å². The van der Waals surface area contributed by atoms with Crippen molar-refractivity contribution in [2.75, 3.05) is 26.2 Å². The number of halogens is 3. The molecule has 2 unspecified atom stereocenters. The predicted octanol–water partition coefficient (Wildman–Crippen LogP) is 3.62. The SMILES string of the molecule is CC1(C2CC2)CN(C(=O)NCC(Cc2ccccc2)C(F)(F)F)CCO1. The second-order valence-electron chi connectivity index (χ2n) is 7.47. The van der Waals surface area contributed by atoms with Gasteiger partial charge in [-0.25, -0.2) is 4.79 Å². The highest BCUT2D eigenvalue weighted by atomic mass is 19.4. The summed E-state index contributed by atoms with van der Waals surface area (Å²) in [7, 11) is 0. The number of nitrogens with zero attached hydrogens (tertiary/aromatic N) is 1. The van der Waals surface area contributed by atoms with Crippen LogP contribution in [-0.4, -0.2) is 48.9 Å². The molecule has 1 saturated heterocycles. The van der Waals surface area contributed by atoms with E-state index in [1.165, 1.54) is 0 Å². The van der Waals surface area contributed by atoms with Crippen molar-refractivity contribution < 1.29 is 22.7 Å².